The highest BCUT2D eigenvalue weighted by Crippen LogP contribution is 2.45. The van der Waals surface area contributed by atoms with Crippen LogP contribution in [0, 0.1) is 11.3 Å². The maximum atomic E-state index is 14.3. The highest BCUT2D eigenvalue weighted by molar-refractivity contribution is 7.91. The van der Waals surface area contributed by atoms with Crippen molar-refractivity contribution in [3.8, 4) is 16.5 Å². The van der Waals surface area contributed by atoms with Crippen molar-refractivity contribution in [1.29, 1.82) is 0 Å². The number of sulfonamides is 1. The number of aromatic nitrogens is 2. The van der Waals surface area contributed by atoms with Gasteiger partial charge in [0.2, 0.25) is 27.7 Å². The third kappa shape index (κ3) is 8.40. The minimum atomic E-state index is -3.89. The summed E-state index contributed by atoms with van der Waals surface area (Å²) in [5.74, 6) is -2.35. The molecule has 266 valence electrons. The van der Waals surface area contributed by atoms with Crippen LogP contribution in [0.5, 0.6) is 5.88 Å². The lowest BCUT2D eigenvalue weighted by molar-refractivity contribution is -0.143. The summed E-state index contributed by atoms with van der Waals surface area (Å²) in [6.07, 6.45) is 2.45. The van der Waals surface area contributed by atoms with Gasteiger partial charge in [-0.25, -0.2) is 23.2 Å². The molecule has 1 saturated heterocycles. The van der Waals surface area contributed by atoms with Gasteiger partial charge in [-0.1, -0.05) is 32.9 Å². The number of rotatable bonds is 11. The Balaban J connectivity index is 1.41. The number of likely N-dealkylation sites (tertiary alicyclic amines) is 1. The van der Waals surface area contributed by atoms with Crippen LogP contribution in [0.2, 0.25) is 0 Å². The van der Waals surface area contributed by atoms with Gasteiger partial charge in [0.15, 0.2) is 0 Å². The third-order valence-corrected chi connectivity index (χ3v) is 11.3. The fraction of sp³-hybridized carbons (Fsp3) is 0.576. The molecule has 1 aliphatic heterocycles. The van der Waals surface area contributed by atoms with Gasteiger partial charge in [-0.15, -0.1) is 17.9 Å². The van der Waals surface area contributed by atoms with E-state index in [1.165, 1.54) is 28.6 Å². The zero-order valence-electron chi connectivity index (χ0n) is 28.5. The van der Waals surface area contributed by atoms with E-state index in [4.69, 9.17) is 9.47 Å². The zero-order valence-corrected chi connectivity index (χ0v) is 30.2. The van der Waals surface area contributed by atoms with Crippen molar-refractivity contribution in [3.05, 3.63) is 42.6 Å². The minimum absolute atomic E-state index is 0.0238. The second-order valence-corrected chi connectivity index (χ2v) is 17.7. The maximum absolute atomic E-state index is 14.3. The molecule has 0 aromatic carbocycles. The van der Waals surface area contributed by atoms with Gasteiger partial charge in [0.05, 0.1) is 22.4 Å². The molecule has 3 aliphatic rings. The second-order valence-electron chi connectivity index (χ2n) is 14.8. The molecule has 5 rings (SSSR count). The summed E-state index contributed by atoms with van der Waals surface area (Å²) in [7, 11) is -3.89. The summed E-state index contributed by atoms with van der Waals surface area (Å²) in [6, 6.07) is 3.23. The van der Waals surface area contributed by atoms with Gasteiger partial charge in [0.1, 0.15) is 35.7 Å². The van der Waals surface area contributed by atoms with Crippen LogP contribution in [0.1, 0.15) is 67.2 Å². The summed E-state index contributed by atoms with van der Waals surface area (Å²) in [4.78, 5) is 65.5. The molecule has 5 atom stereocenters. The van der Waals surface area contributed by atoms with Crippen LogP contribution in [-0.4, -0.2) is 88.2 Å². The fourth-order valence-electron chi connectivity index (χ4n) is 5.77. The number of hydrogen-bond donors (Lipinski definition) is 3. The molecule has 2 saturated carbocycles. The first-order chi connectivity index (χ1) is 22.8. The first kappa shape index (κ1) is 36.2. The Labute approximate surface area is 290 Å². The van der Waals surface area contributed by atoms with E-state index in [0.717, 1.165) is 4.88 Å². The van der Waals surface area contributed by atoms with E-state index in [9.17, 15) is 27.6 Å². The maximum Gasteiger partial charge on any atom is 0.408 e. The smallest absolute Gasteiger partial charge is 0.408 e. The molecule has 2 aromatic heterocycles. The van der Waals surface area contributed by atoms with Crippen molar-refractivity contribution >= 4 is 45.2 Å². The normalized spacial score (nSPS) is 24.4. The molecule has 0 spiro atoms. The number of carbonyl (C=O) groups excluding carboxylic acids is 4. The lowest BCUT2D eigenvalue weighted by Gasteiger charge is -2.36. The number of thiophene rings is 1. The summed E-state index contributed by atoms with van der Waals surface area (Å²) in [5, 5.41) is 6.73. The first-order valence-corrected chi connectivity index (χ1v) is 18.6. The Hall–Kier alpha value is -4.05. The van der Waals surface area contributed by atoms with Crippen LogP contribution in [0.25, 0.3) is 10.6 Å². The molecule has 2 aromatic rings. The van der Waals surface area contributed by atoms with Gasteiger partial charge in [-0.3, -0.25) is 19.1 Å². The molecule has 0 unspecified atom stereocenters. The van der Waals surface area contributed by atoms with Crippen LogP contribution in [0.4, 0.5) is 4.79 Å². The zero-order chi connectivity index (χ0) is 35.9. The Morgan fingerprint density at radius 3 is 2.43 bits per heavy atom. The quantitative estimate of drug-likeness (QED) is 0.292. The van der Waals surface area contributed by atoms with Crippen molar-refractivity contribution in [1.82, 2.24) is 30.2 Å². The Bertz CT molecular complexity index is 1710. The minimum Gasteiger partial charge on any atom is -0.472 e. The first-order valence-electron chi connectivity index (χ1n) is 16.2. The van der Waals surface area contributed by atoms with E-state index >= 15 is 0 Å². The Kier molecular flexibility index (Phi) is 9.87. The van der Waals surface area contributed by atoms with Crippen LogP contribution >= 0.6 is 11.3 Å². The largest absolute Gasteiger partial charge is 0.472 e. The number of amides is 4. The highest BCUT2D eigenvalue weighted by Gasteiger charge is 2.62. The molecule has 0 radical (unpaired) electrons. The van der Waals surface area contributed by atoms with Crippen molar-refractivity contribution in [2.24, 2.45) is 11.3 Å². The molecule has 14 nitrogen and oxygen atoms in total. The molecule has 4 amide bonds. The van der Waals surface area contributed by atoms with E-state index < -0.39 is 79.7 Å². The summed E-state index contributed by atoms with van der Waals surface area (Å²) in [6.45, 7) is 14.1. The van der Waals surface area contributed by atoms with E-state index in [1.54, 1.807) is 47.6 Å². The summed E-state index contributed by atoms with van der Waals surface area (Å²) >= 11 is 1.50. The van der Waals surface area contributed by atoms with Crippen LogP contribution < -0.4 is 20.1 Å². The fourth-order valence-corrected chi connectivity index (χ4v) is 7.82. The Morgan fingerprint density at radius 2 is 1.86 bits per heavy atom. The molecule has 16 heteroatoms. The number of nitrogens with one attached hydrogen (secondary N) is 3. The van der Waals surface area contributed by atoms with Crippen molar-refractivity contribution in [2.75, 3.05) is 6.54 Å². The van der Waals surface area contributed by atoms with Gasteiger partial charge in [0.25, 0.3) is 5.91 Å². The molecule has 3 N–H and O–H groups in total. The average molecular weight is 717 g/mol. The molecule has 49 heavy (non-hydrogen) atoms. The van der Waals surface area contributed by atoms with Crippen LogP contribution in [0.3, 0.4) is 0 Å². The van der Waals surface area contributed by atoms with Gasteiger partial charge >= 0.3 is 6.09 Å². The number of ether oxygens (including phenoxy) is 2. The van der Waals surface area contributed by atoms with E-state index in [1.807, 2.05) is 17.5 Å². The molecule has 2 aliphatic carbocycles. The topological polar surface area (TPSA) is 186 Å². The average Bonchev–Trinajstić information content (AvgIpc) is 3.87. The number of carbonyl (C=O) groups is 4. The SMILES string of the molecule is C=C[C@@H]1C[C@]1(NC(=O)[C@@H]1C[C@@H](Oc2cc(-c3cccs3)ncn2)CN1C(=O)[C@@H](NC(=O)OC(C)(C)C)C(C)(C)C)C(=O)NS(=O)(=O)C1CC1. The van der Waals surface area contributed by atoms with E-state index in [-0.39, 0.29) is 25.3 Å². The Morgan fingerprint density at radius 1 is 1.14 bits per heavy atom. The van der Waals surface area contributed by atoms with Crippen molar-refractivity contribution in [2.45, 2.75) is 102 Å². The predicted molar refractivity (Wildman–Crippen MR) is 182 cm³/mol. The molecule has 3 fully saturated rings. The standard InChI is InChI=1S/C33H44N6O8S2/c1-8-19-16-33(19,29(42)38-49(44,45)21-11-12-21)37-27(40)23-14-20(46-25-15-22(34-18-35-25)24-10-9-13-48-24)17-39(23)28(41)26(31(2,3)4)36-30(43)47-32(5,6)7/h8-10,13,15,18-21,23,26H,1,11-12,14,16-17H2,2-7H3,(H,36,43)(H,37,40)(H,38,42)/t19-,20-,23+,26-,33-/m1/s1. The highest BCUT2D eigenvalue weighted by atomic mass is 32.2. The van der Waals surface area contributed by atoms with Gasteiger partial charge < -0.3 is 25.0 Å². The van der Waals surface area contributed by atoms with Crippen LogP contribution in [0.15, 0.2) is 42.6 Å². The van der Waals surface area contributed by atoms with Gasteiger partial charge in [-0.2, -0.15) is 0 Å². The number of alkyl carbamates (subject to hydrolysis) is 1. The van der Waals surface area contributed by atoms with Gasteiger partial charge in [0, 0.05) is 18.4 Å². The second kappa shape index (κ2) is 13.3. The molecular formula is C33H44N6O8S2. The lowest BCUT2D eigenvalue weighted by Crippen LogP contribution is -2.60. The summed E-state index contributed by atoms with van der Waals surface area (Å²) < 4.78 is 39.0. The predicted octanol–water partition coefficient (Wildman–Crippen LogP) is 3.16. The molecular weight excluding hydrogens is 673 g/mol. The van der Waals surface area contributed by atoms with Crippen molar-refractivity contribution in [3.63, 3.8) is 0 Å². The number of hydrogen-bond acceptors (Lipinski definition) is 11. The van der Waals surface area contributed by atoms with Gasteiger partial charge in [-0.05, 0) is 56.9 Å². The van der Waals surface area contributed by atoms with Crippen LogP contribution in [-0.2, 0) is 29.1 Å². The van der Waals surface area contributed by atoms with E-state index in [2.05, 4.69) is 31.9 Å². The monoisotopic (exact) mass is 716 g/mol. The van der Waals surface area contributed by atoms with Crippen molar-refractivity contribution < 1.29 is 37.1 Å². The molecule has 3 heterocycles. The molecule has 0 bridgehead atoms. The lowest BCUT2D eigenvalue weighted by atomic mass is 9.85. The third-order valence-electron chi connectivity index (χ3n) is 8.57. The summed E-state index contributed by atoms with van der Waals surface area (Å²) in [5.41, 5.74) is -2.53. The number of nitrogens with zero attached hydrogens (tertiary/aromatic N) is 3. The van der Waals surface area contributed by atoms with E-state index in [0.29, 0.717) is 18.5 Å².